The molecule has 8 nitrogen and oxygen atoms in total. The Morgan fingerprint density at radius 3 is 2.63 bits per heavy atom. The van der Waals surface area contributed by atoms with Crippen molar-refractivity contribution in [3.05, 3.63) is 54.5 Å². The molecule has 1 amide bonds. The maximum Gasteiger partial charge on any atom is 0.240 e. The molecule has 2 aromatic heterocycles. The molecule has 1 aliphatic rings. The second-order valence-electron chi connectivity index (χ2n) is 6.34. The number of nitrogens with zero attached hydrogens (tertiary/aromatic N) is 4. The van der Waals surface area contributed by atoms with Gasteiger partial charge in [0, 0.05) is 37.8 Å². The average Bonchev–Trinajstić information content (AvgIpc) is 3.28. The number of carbonyl (C=O) groups is 1. The first kappa shape index (κ1) is 17.6. The minimum atomic E-state index is -3.63. The van der Waals surface area contributed by atoms with Crippen LogP contribution in [0.5, 0.6) is 0 Å². The lowest BCUT2D eigenvalue weighted by molar-refractivity contribution is -0.117. The van der Waals surface area contributed by atoms with Crippen LogP contribution in [0.15, 0.2) is 53.6 Å². The number of nitrogens with one attached hydrogen (secondary N) is 1. The Labute approximate surface area is 156 Å². The molecule has 1 saturated heterocycles. The second kappa shape index (κ2) is 7.09. The fourth-order valence-corrected chi connectivity index (χ4v) is 4.20. The molecule has 1 fully saturated rings. The molecule has 0 unspecified atom stereocenters. The number of fused-ring (bicyclic) bond motifs is 1. The molecule has 1 N–H and O–H groups in total. The van der Waals surface area contributed by atoms with Crippen LogP contribution in [-0.4, -0.2) is 42.0 Å². The van der Waals surface area contributed by atoms with Gasteiger partial charge in [-0.1, -0.05) is 6.07 Å². The fourth-order valence-electron chi connectivity index (χ4n) is 3.17. The molecule has 0 saturated carbocycles. The normalized spacial score (nSPS) is 15.0. The van der Waals surface area contributed by atoms with Gasteiger partial charge in [-0.25, -0.2) is 13.1 Å². The maximum atomic E-state index is 12.5. The summed E-state index contributed by atoms with van der Waals surface area (Å²) in [6.45, 7) is 0.889. The van der Waals surface area contributed by atoms with E-state index in [1.165, 1.54) is 12.1 Å². The quantitative estimate of drug-likeness (QED) is 0.691. The monoisotopic (exact) mass is 385 g/mol. The van der Waals surface area contributed by atoms with Crippen molar-refractivity contribution in [1.29, 1.82) is 0 Å². The molecule has 0 aliphatic carbocycles. The van der Waals surface area contributed by atoms with Gasteiger partial charge in [0.2, 0.25) is 15.9 Å². The van der Waals surface area contributed by atoms with Crippen LogP contribution in [0.1, 0.15) is 18.7 Å². The van der Waals surface area contributed by atoms with E-state index in [2.05, 4.69) is 14.9 Å². The summed E-state index contributed by atoms with van der Waals surface area (Å²) in [6.07, 6.45) is 3.64. The number of amides is 1. The van der Waals surface area contributed by atoms with Gasteiger partial charge in [-0.2, -0.15) is 0 Å². The molecule has 4 rings (SSSR count). The van der Waals surface area contributed by atoms with Gasteiger partial charge in [-0.3, -0.25) is 9.20 Å². The van der Waals surface area contributed by atoms with Crippen LogP contribution in [0.2, 0.25) is 0 Å². The van der Waals surface area contributed by atoms with Crippen LogP contribution in [0.25, 0.3) is 5.65 Å². The summed E-state index contributed by atoms with van der Waals surface area (Å²) in [6, 6.07) is 12.0. The Morgan fingerprint density at radius 2 is 1.89 bits per heavy atom. The minimum absolute atomic E-state index is 0.0734. The van der Waals surface area contributed by atoms with Crippen molar-refractivity contribution in [1.82, 2.24) is 19.3 Å². The Balaban J connectivity index is 1.41. The molecule has 140 valence electrons. The molecule has 3 aromatic rings. The van der Waals surface area contributed by atoms with Crippen molar-refractivity contribution < 1.29 is 13.2 Å². The smallest absolute Gasteiger partial charge is 0.240 e. The highest BCUT2D eigenvalue weighted by Gasteiger charge is 2.22. The number of sulfonamides is 1. The lowest BCUT2D eigenvalue weighted by Gasteiger charge is -2.16. The van der Waals surface area contributed by atoms with E-state index in [9.17, 15) is 13.2 Å². The van der Waals surface area contributed by atoms with Gasteiger partial charge >= 0.3 is 0 Å². The molecule has 27 heavy (non-hydrogen) atoms. The van der Waals surface area contributed by atoms with Gasteiger partial charge in [0.25, 0.3) is 0 Å². The molecule has 0 atom stereocenters. The number of hydrogen-bond donors (Lipinski definition) is 1. The van der Waals surface area contributed by atoms with Crippen molar-refractivity contribution in [2.24, 2.45) is 0 Å². The Morgan fingerprint density at radius 1 is 1.07 bits per heavy atom. The van der Waals surface area contributed by atoms with Gasteiger partial charge in [0.05, 0.1) is 4.90 Å². The third kappa shape index (κ3) is 3.56. The zero-order chi connectivity index (χ0) is 18.9. The van der Waals surface area contributed by atoms with Crippen LogP contribution >= 0.6 is 0 Å². The van der Waals surface area contributed by atoms with E-state index in [4.69, 9.17) is 0 Å². The number of aromatic nitrogens is 3. The first-order chi connectivity index (χ1) is 13.0. The van der Waals surface area contributed by atoms with Gasteiger partial charge in [0.15, 0.2) is 5.65 Å². The molecular weight excluding hydrogens is 366 g/mol. The highest BCUT2D eigenvalue weighted by Crippen LogP contribution is 2.22. The molecule has 3 heterocycles. The number of carbonyl (C=O) groups excluding carboxylic acids is 1. The van der Waals surface area contributed by atoms with Crippen LogP contribution < -0.4 is 9.62 Å². The number of pyridine rings is 1. The number of hydrogen-bond acceptors (Lipinski definition) is 5. The number of benzene rings is 1. The fraction of sp³-hybridized carbons (Fsp3) is 0.278. The minimum Gasteiger partial charge on any atom is -0.312 e. The van der Waals surface area contributed by atoms with Gasteiger partial charge in [-0.15, -0.1) is 10.2 Å². The summed E-state index contributed by atoms with van der Waals surface area (Å²) in [4.78, 5) is 13.6. The van der Waals surface area contributed by atoms with Gasteiger partial charge < -0.3 is 4.90 Å². The van der Waals surface area contributed by atoms with Crippen LogP contribution in [0, 0.1) is 0 Å². The third-order valence-electron chi connectivity index (χ3n) is 4.56. The predicted octanol–water partition coefficient (Wildman–Crippen LogP) is 1.38. The summed E-state index contributed by atoms with van der Waals surface area (Å²) in [7, 11) is -3.63. The Bertz CT molecular complexity index is 1080. The molecule has 0 bridgehead atoms. The van der Waals surface area contributed by atoms with E-state index >= 15 is 0 Å². The molecule has 1 aliphatic heterocycles. The lowest BCUT2D eigenvalue weighted by Crippen LogP contribution is -2.27. The Hall–Kier alpha value is -2.78. The van der Waals surface area contributed by atoms with Crippen LogP contribution in [0.3, 0.4) is 0 Å². The maximum absolute atomic E-state index is 12.5. The standard InChI is InChI=1S/C18H19N5O3S/c24-18-5-3-13-22(18)14-6-8-15(9-7-14)27(25,26)19-11-10-17-21-20-16-4-1-2-12-23(16)17/h1-2,4,6-9,12,19H,3,5,10-11,13H2. The van der Waals surface area contributed by atoms with E-state index in [1.54, 1.807) is 17.0 Å². The topological polar surface area (TPSA) is 96.7 Å². The SMILES string of the molecule is O=C1CCCN1c1ccc(S(=O)(=O)NCCc2nnc3ccccn23)cc1. The molecule has 0 radical (unpaired) electrons. The third-order valence-corrected chi connectivity index (χ3v) is 6.03. The number of rotatable bonds is 6. The van der Waals surface area contributed by atoms with E-state index < -0.39 is 10.0 Å². The largest absolute Gasteiger partial charge is 0.312 e. The summed E-state index contributed by atoms with van der Waals surface area (Å²) >= 11 is 0. The van der Waals surface area contributed by atoms with Crippen molar-refractivity contribution in [3.8, 4) is 0 Å². The molecule has 9 heteroatoms. The summed E-state index contributed by atoms with van der Waals surface area (Å²) in [5.41, 5.74) is 1.45. The predicted molar refractivity (Wildman–Crippen MR) is 99.9 cm³/mol. The summed E-state index contributed by atoms with van der Waals surface area (Å²) < 4.78 is 29.4. The van der Waals surface area contributed by atoms with Crippen molar-refractivity contribution >= 4 is 27.3 Å². The van der Waals surface area contributed by atoms with Gasteiger partial charge in [-0.05, 0) is 42.8 Å². The van der Waals surface area contributed by atoms with E-state index in [-0.39, 0.29) is 17.3 Å². The highest BCUT2D eigenvalue weighted by atomic mass is 32.2. The molecule has 0 spiro atoms. The van der Waals surface area contributed by atoms with Crippen molar-refractivity contribution in [2.45, 2.75) is 24.2 Å². The Kier molecular flexibility index (Phi) is 4.63. The summed E-state index contributed by atoms with van der Waals surface area (Å²) in [5, 5.41) is 8.14. The van der Waals surface area contributed by atoms with E-state index in [1.807, 2.05) is 28.8 Å². The first-order valence-corrected chi connectivity index (χ1v) is 10.2. The first-order valence-electron chi connectivity index (χ1n) is 8.73. The lowest BCUT2D eigenvalue weighted by atomic mass is 10.3. The van der Waals surface area contributed by atoms with Gasteiger partial charge in [0.1, 0.15) is 5.82 Å². The number of anilines is 1. The van der Waals surface area contributed by atoms with E-state index in [0.29, 0.717) is 25.2 Å². The highest BCUT2D eigenvalue weighted by molar-refractivity contribution is 7.89. The van der Waals surface area contributed by atoms with E-state index in [0.717, 1.165) is 17.8 Å². The van der Waals surface area contributed by atoms with Crippen molar-refractivity contribution in [3.63, 3.8) is 0 Å². The zero-order valence-corrected chi connectivity index (χ0v) is 15.4. The molecular formula is C18H19N5O3S. The summed E-state index contributed by atoms with van der Waals surface area (Å²) in [5.74, 6) is 0.764. The zero-order valence-electron chi connectivity index (χ0n) is 14.6. The van der Waals surface area contributed by atoms with Crippen LogP contribution in [0.4, 0.5) is 5.69 Å². The van der Waals surface area contributed by atoms with Crippen molar-refractivity contribution in [2.75, 3.05) is 18.0 Å². The average molecular weight is 385 g/mol. The molecule has 1 aromatic carbocycles. The second-order valence-corrected chi connectivity index (χ2v) is 8.10. The van der Waals surface area contributed by atoms with Crippen LogP contribution in [-0.2, 0) is 21.2 Å².